The number of benzene rings is 6. The molecule has 6 aromatic carbocycles. The van der Waals surface area contributed by atoms with E-state index in [1.807, 2.05) is 54.6 Å². The van der Waals surface area contributed by atoms with Gasteiger partial charge in [0.2, 0.25) is 0 Å². The van der Waals surface area contributed by atoms with Crippen LogP contribution in [0.15, 0.2) is 127 Å². The minimum Gasteiger partial charge on any atom is -0.457 e. The third kappa shape index (κ3) is 3.95. The van der Waals surface area contributed by atoms with Gasteiger partial charge in [0, 0.05) is 33.2 Å². The number of para-hydroxylation sites is 1. The SMILES string of the molecule is CC1(C)c2ccccc2Oc2ccc(-c3nc(-c4ccccc4)nc(-c4ccc5c(ccc6ccccc65)c4)n3)cc21. The summed E-state index contributed by atoms with van der Waals surface area (Å²) in [6.45, 7) is 4.48. The standard InChI is InChI=1S/C38H27N3O/c1-38(2)31-14-8-9-15-33(31)42-34-21-19-28(23-32(34)38)37-40-35(25-11-4-3-5-12-25)39-36(41-37)27-18-20-30-26(22-27)17-16-24-10-6-7-13-29(24)30/h3-23H,1-2H3. The molecule has 0 saturated heterocycles. The van der Waals surface area contributed by atoms with E-state index in [0.717, 1.165) is 39.1 Å². The number of fused-ring (bicyclic) bond motifs is 5. The Hall–Kier alpha value is -5.35. The molecule has 8 rings (SSSR count). The van der Waals surface area contributed by atoms with Gasteiger partial charge >= 0.3 is 0 Å². The molecule has 0 fully saturated rings. The highest BCUT2D eigenvalue weighted by Gasteiger charge is 2.34. The molecule has 200 valence electrons. The predicted octanol–water partition coefficient (Wildman–Crippen LogP) is 9.61. The molecular formula is C38H27N3O. The van der Waals surface area contributed by atoms with Gasteiger partial charge in [-0.15, -0.1) is 0 Å². The summed E-state index contributed by atoms with van der Waals surface area (Å²) in [5, 5.41) is 4.84. The molecule has 1 aromatic heterocycles. The summed E-state index contributed by atoms with van der Waals surface area (Å²) in [6.07, 6.45) is 0. The van der Waals surface area contributed by atoms with Crippen LogP contribution in [0.3, 0.4) is 0 Å². The van der Waals surface area contributed by atoms with Gasteiger partial charge in [-0.3, -0.25) is 0 Å². The molecule has 0 saturated carbocycles. The van der Waals surface area contributed by atoms with Crippen molar-refractivity contribution in [2.24, 2.45) is 0 Å². The molecule has 4 heteroatoms. The Kier molecular flexibility index (Phi) is 5.44. The molecule has 0 spiro atoms. The maximum Gasteiger partial charge on any atom is 0.164 e. The molecule has 4 nitrogen and oxygen atoms in total. The summed E-state index contributed by atoms with van der Waals surface area (Å²) in [6, 6.07) is 43.9. The lowest BCUT2D eigenvalue weighted by Crippen LogP contribution is -2.24. The zero-order valence-electron chi connectivity index (χ0n) is 23.4. The summed E-state index contributed by atoms with van der Waals surface area (Å²) in [5.41, 5.74) is 4.87. The molecule has 0 bridgehead atoms. The highest BCUT2D eigenvalue weighted by Crippen LogP contribution is 2.48. The number of hydrogen-bond acceptors (Lipinski definition) is 4. The minimum atomic E-state index is -0.237. The second kappa shape index (κ2) is 9.35. The quantitative estimate of drug-likeness (QED) is 0.209. The summed E-state index contributed by atoms with van der Waals surface area (Å²) in [7, 11) is 0. The molecule has 0 unspecified atom stereocenters. The van der Waals surface area contributed by atoms with Gasteiger partial charge in [0.15, 0.2) is 17.5 Å². The average Bonchev–Trinajstić information content (AvgIpc) is 3.04. The Balaban J connectivity index is 1.29. The first-order valence-electron chi connectivity index (χ1n) is 14.2. The molecule has 7 aromatic rings. The van der Waals surface area contributed by atoms with E-state index in [0.29, 0.717) is 17.5 Å². The van der Waals surface area contributed by atoms with Crippen molar-refractivity contribution in [2.75, 3.05) is 0 Å². The molecule has 0 amide bonds. The lowest BCUT2D eigenvalue weighted by Gasteiger charge is -2.34. The topological polar surface area (TPSA) is 47.9 Å². The summed E-state index contributed by atoms with van der Waals surface area (Å²) in [4.78, 5) is 15.0. The summed E-state index contributed by atoms with van der Waals surface area (Å²) in [5.74, 6) is 3.69. The van der Waals surface area contributed by atoms with Crippen LogP contribution in [0.1, 0.15) is 25.0 Å². The van der Waals surface area contributed by atoms with Gasteiger partial charge in [-0.25, -0.2) is 15.0 Å². The number of ether oxygens (including phenoxy) is 1. The average molecular weight is 542 g/mol. The van der Waals surface area contributed by atoms with Crippen LogP contribution in [0.25, 0.3) is 55.7 Å². The molecular weight excluding hydrogens is 514 g/mol. The minimum absolute atomic E-state index is 0.237. The van der Waals surface area contributed by atoms with Crippen LogP contribution in [0.5, 0.6) is 11.5 Å². The van der Waals surface area contributed by atoms with E-state index in [1.54, 1.807) is 0 Å². The van der Waals surface area contributed by atoms with Gasteiger partial charge in [-0.05, 0) is 51.9 Å². The van der Waals surface area contributed by atoms with E-state index in [9.17, 15) is 0 Å². The third-order valence-electron chi connectivity index (χ3n) is 8.36. The third-order valence-corrected chi connectivity index (χ3v) is 8.36. The second-order valence-corrected chi connectivity index (χ2v) is 11.3. The number of nitrogens with zero attached hydrogens (tertiary/aromatic N) is 3. The van der Waals surface area contributed by atoms with Crippen LogP contribution in [-0.2, 0) is 5.41 Å². The number of rotatable bonds is 3. The van der Waals surface area contributed by atoms with Crippen LogP contribution in [0, 0.1) is 0 Å². The second-order valence-electron chi connectivity index (χ2n) is 11.3. The highest BCUT2D eigenvalue weighted by molar-refractivity contribution is 6.08. The maximum absolute atomic E-state index is 6.31. The predicted molar refractivity (Wildman–Crippen MR) is 170 cm³/mol. The van der Waals surface area contributed by atoms with E-state index < -0.39 is 0 Å². The molecule has 1 aliphatic heterocycles. The van der Waals surface area contributed by atoms with Crippen molar-refractivity contribution >= 4 is 21.5 Å². The zero-order chi connectivity index (χ0) is 28.3. The van der Waals surface area contributed by atoms with Gasteiger partial charge in [-0.1, -0.05) is 111 Å². The number of aromatic nitrogens is 3. The smallest absolute Gasteiger partial charge is 0.164 e. The van der Waals surface area contributed by atoms with E-state index in [4.69, 9.17) is 19.7 Å². The fourth-order valence-corrected chi connectivity index (χ4v) is 6.08. The summed E-state index contributed by atoms with van der Waals surface area (Å²) >= 11 is 0. The zero-order valence-corrected chi connectivity index (χ0v) is 23.4. The van der Waals surface area contributed by atoms with E-state index in [1.165, 1.54) is 21.7 Å². The van der Waals surface area contributed by atoms with Gasteiger partial charge in [0.25, 0.3) is 0 Å². The van der Waals surface area contributed by atoms with E-state index in [2.05, 4.69) is 86.6 Å². The lowest BCUT2D eigenvalue weighted by atomic mass is 9.75. The van der Waals surface area contributed by atoms with Gasteiger partial charge in [0.1, 0.15) is 11.5 Å². The molecule has 0 aliphatic carbocycles. The van der Waals surface area contributed by atoms with Crippen molar-refractivity contribution < 1.29 is 4.74 Å². The van der Waals surface area contributed by atoms with Crippen molar-refractivity contribution in [3.05, 3.63) is 139 Å². The molecule has 42 heavy (non-hydrogen) atoms. The van der Waals surface area contributed by atoms with E-state index in [-0.39, 0.29) is 5.41 Å². The van der Waals surface area contributed by atoms with Crippen molar-refractivity contribution in [3.8, 4) is 45.7 Å². The Morgan fingerprint density at radius 2 is 1.05 bits per heavy atom. The van der Waals surface area contributed by atoms with Crippen LogP contribution in [0.4, 0.5) is 0 Å². The van der Waals surface area contributed by atoms with Gasteiger partial charge < -0.3 is 4.74 Å². The number of hydrogen-bond donors (Lipinski definition) is 0. The monoisotopic (exact) mass is 541 g/mol. The molecule has 0 radical (unpaired) electrons. The van der Waals surface area contributed by atoms with Crippen LogP contribution >= 0.6 is 0 Å². The Morgan fingerprint density at radius 3 is 1.88 bits per heavy atom. The van der Waals surface area contributed by atoms with Crippen molar-refractivity contribution in [1.29, 1.82) is 0 Å². The molecule has 2 heterocycles. The first-order chi connectivity index (χ1) is 20.5. The Morgan fingerprint density at radius 1 is 0.452 bits per heavy atom. The van der Waals surface area contributed by atoms with Crippen LogP contribution in [0.2, 0.25) is 0 Å². The van der Waals surface area contributed by atoms with Crippen LogP contribution < -0.4 is 4.74 Å². The van der Waals surface area contributed by atoms with Crippen molar-refractivity contribution in [1.82, 2.24) is 15.0 Å². The van der Waals surface area contributed by atoms with Gasteiger partial charge in [0.05, 0.1) is 0 Å². The Labute approximate surface area is 244 Å². The fraction of sp³-hybridized carbons (Fsp3) is 0.0789. The Bertz CT molecular complexity index is 2150. The van der Waals surface area contributed by atoms with Crippen molar-refractivity contribution in [2.45, 2.75) is 19.3 Å². The lowest BCUT2D eigenvalue weighted by molar-refractivity contribution is 0.418. The first kappa shape index (κ1) is 24.4. The molecule has 0 atom stereocenters. The fourth-order valence-electron chi connectivity index (χ4n) is 6.08. The molecule has 0 N–H and O–H groups in total. The maximum atomic E-state index is 6.31. The normalized spacial score (nSPS) is 13.4. The van der Waals surface area contributed by atoms with Gasteiger partial charge in [-0.2, -0.15) is 0 Å². The highest BCUT2D eigenvalue weighted by atomic mass is 16.5. The van der Waals surface area contributed by atoms with Crippen LogP contribution in [-0.4, -0.2) is 15.0 Å². The first-order valence-corrected chi connectivity index (χ1v) is 14.2. The van der Waals surface area contributed by atoms with E-state index >= 15 is 0 Å². The summed E-state index contributed by atoms with van der Waals surface area (Å²) < 4.78 is 6.31. The van der Waals surface area contributed by atoms with Crippen molar-refractivity contribution in [3.63, 3.8) is 0 Å². The molecule has 1 aliphatic rings. The largest absolute Gasteiger partial charge is 0.457 e.